The van der Waals surface area contributed by atoms with Crippen molar-refractivity contribution in [1.29, 1.82) is 0 Å². The maximum absolute atomic E-state index is 12.3. The van der Waals surface area contributed by atoms with Crippen molar-refractivity contribution in [3.63, 3.8) is 0 Å². The number of carbonyl (C=O) groups excluding carboxylic acids is 1. The average molecular weight is 385 g/mol. The second-order valence-corrected chi connectivity index (χ2v) is 9.57. The Labute approximate surface area is 170 Å². The summed E-state index contributed by atoms with van der Waals surface area (Å²) >= 11 is 0. The lowest BCUT2D eigenvalue weighted by Gasteiger charge is -2.53. The molecule has 4 fully saturated rings. The van der Waals surface area contributed by atoms with Crippen LogP contribution in [0.4, 0.5) is 0 Å². The molecular formula is C25H36O3. The quantitative estimate of drug-likeness (QED) is 0.380. The number of esters is 1. The standard InChI is InChI=1S/C25H36O3/c1-3-17(2)20-7-9-23(10-8-20)27-11-5-4-6-24(26)28-25-21-13-18-12-19(15-21)16-22(25)14-18/h7-10,17-19,21-22,25H,3-6,11-16H2,1-2H3. The Hall–Kier alpha value is -1.51. The van der Waals surface area contributed by atoms with Gasteiger partial charge in [-0.1, -0.05) is 26.0 Å². The van der Waals surface area contributed by atoms with Crippen LogP contribution in [0.1, 0.15) is 83.1 Å². The second-order valence-electron chi connectivity index (χ2n) is 9.57. The van der Waals surface area contributed by atoms with Crippen molar-refractivity contribution in [2.75, 3.05) is 6.61 Å². The van der Waals surface area contributed by atoms with Crippen LogP contribution < -0.4 is 4.74 Å². The van der Waals surface area contributed by atoms with Crippen molar-refractivity contribution in [3.8, 4) is 5.75 Å². The Kier molecular flexibility index (Phi) is 6.28. The van der Waals surface area contributed by atoms with Crippen molar-refractivity contribution in [3.05, 3.63) is 29.8 Å². The highest BCUT2D eigenvalue weighted by Crippen LogP contribution is 2.54. The van der Waals surface area contributed by atoms with Gasteiger partial charge in [0.1, 0.15) is 11.9 Å². The summed E-state index contributed by atoms with van der Waals surface area (Å²) in [5.41, 5.74) is 1.36. The Morgan fingerprint density at radius 3 is 2.25 bits per heavy atom. The minimum Gasteiger partial charge on any atom is -0.494 e. The Balaban J connectivity index is 1.13. The van der Waals surface area contributed by atoms with Crippen molar-refractivity contribution in [2.24, 2.45) is 23.7 Å². The van der Waals surface area contributed by atoms with Gasteiger partial charge in [0.15, 0.2) is 0 Å². The first kappa shape index (κ1) is 19.8. The van der Waals surface area contributed by atoms with Gasteiger partial charge in [-0.05, 0) is 98.7 Å². The van der Waals surface area contributed by atoms with Gasteiger partial charge in [-0.2, -0.15) is 0 Å². The molecule has 0 amide bonds. The summed E-state index contributed by atoms with van der Waals surface area (Å²) in [6.45, 7) is 5.12. The molecule has 0 heterocycles. The first-order chi connectivity index (χ1) is 13.6. The zero-order valence-corrected chi connectivity index (χ0v) is 17.6. The van der Waals surface area contributed by atoms with Crippen LogP contribution in [-0.4, -0.2) is 18.7 Å². The number of carbonyl (C=O) groups is 1. The fraction of sp³-hybridized carbons (Fsp3) is 0.720. The molecule has 1 unspecified atom stereocenters. The monoisotopic (exact) mass is 384 g/mol. The van der Waals surface area contributed by atoms with E-state index >= 15 is 0 Å². The summed E-state index contributed by atoms with van der Waals surface area (Å²) in [7, 11) is 0. The molecule has 1 atom stereocenters. The van der Waals surface area contributed by atoms with Crippen molar-refractivity contribution >= 4 is 5.97 Å². The van der Waals surface area contributed by atoms with Crippen LogP contribution in [0.5, 0.6) is 5.75 Å². The largest absolute Gasteiger partial charge is 0.494 e. The molecule has 0 aromatic heterocycles. The van der Waals surface area contributed by atoms with Crippen molar-refractivity contribution in [2.45, 2.75) is 83.7 Å². The smallest absolute Gasteiger partial charge is 0.306 e. The molecule has 4 bridgehead atoms. The molecule has 4 aliphatic carbocycles. The molecule has 0 spiro atoms. The van der Waals surface area contributed by atoms with Crippen molar-refractivity contribution in [1.82, 2.24) is 0 Å². The molecule has 3 heteroatoms. The van der Waals surface area contributed by atoms with E-state index in [0.717, 1.165) is 36.8 Å². The van der Waals surface area contributed by atoms with Crippen LogP contribution in [0.25, 0.3) is 0 Å². The lowest BCUT2D eigenvalue weighted by molar-refractivity contribution is -0.170. The molecule has 3 nitrogen and oxygen atoms in total. The van der Waals surface area contributed by atoms with Crippen molar-refractivity contribution < 1.29 is 14.3 Å². The van der Waals surface area contributed by atoms with Crippen LogP contribution >= 0.6 is 0 Å². The van der Waals surface area contributed by atoms with Crippen LogP contribution in [0.3, 0.4) is 0 Å². The highest BCUT2D eigenvalue weighted by molar-refractivity contribution is 5.69. The van der Waals surface area contributed by atoms with Gasteiger partial charge in [0.2, 0.25) is 0 Å². The number of hydrogen-bond donors (Lipinski definition) is 0. The molecule has 4 aliphatic rings. The molecule has 1 aromatic rings. The summed E-state index contributed by atoms with van der Waals surface area (Å²) in [6, 6.07) is 8.43. The normalized spacial score (nSPS) is 31.6. The lowest BCUT2D eigenvalue weighted by Crippen LogP contribution is -2.50. The highest BCUT2D eigenvalue weighted by Gasteiger charge is 2.49. The fourth-order valence-corrected chi connectivity index (χ4v) is 5.97. The number of ether oxygens (including phenoxy) is 2. The Morgan fingerprint density at radius 1 is 1.00 bits per heavy atom. The number of unbranched alkanes of at least 4 members (excludes halogenated alkanes) is 1. The fourth-order valence-electron chi connectivity index (χ4n) is 5.97. The van der Waals surface area contributed by atoms with E-state index in [1.54, 1.807) is 0 Å². The summed E-state index contributed by atoms with van der Waals surface area (Å²) in [6.07, 6.45) is 10.3. The number of hydrogen-bond acceptors (Lipinski definition) is 3. The predicted molar refractivity (Wildman–Crippen MR) is 111 cm³/mol. The van der Waals surface area contributed by atoms with Gasteiger partial charge in [-0.3, -0.25) is 4.79 Å². The first-order valence-corrected chi connectivity index (χ1v) is 11.5. The lowest BCUT2D eigenvalue weighted by atomic mass is 9.55. The molecule has 0 radical (unpaired) electrons. The van der Waals surface area contributed by atoms with E-state index in [4.69, 9.17) is 9.47 Å². The molecule has 28 heavy (non-hydrogen) atoms. The van der Waals surface area contributed by atoms with E-state index < -0.39 is 0 Å². The van der Waals surface area contributed by atoms with E-state index in [0.29, 0.717) is 30.8 Å². The van der Waals surface area contributed by atoms with Gasteiger partial charge in [0.25, 0.3) is 0 Å². The molecule has 1 aromatic carbocycles. The molecule has 5 rings (SSSR count). The average Bonchev–Trinajstić information content (AvgIpc) is 2.70. The topological polar surface area (TPSA) is 35.5 Å². The Morgan fingerprint density at radius 2 is 1.64 bits per heavy atom. The summed E-state index contributed by atoms with van der Waals surface area (Å²) in [4.78, 5) is 12.3. The highest BCUT2D eigenvalue weighted by atomic mass is 16.5. The van der Waals surface area contributed by atoms with E-state index in [1.165, 1.54) is 37.7 Å². The third-order valence-electron chi connectivity index (χ3n) is 7.51. The van der Waals surface area contributed by atoms with E-state index in [-0.39, 0.29) is 12.1 Å². The van der Waals surface area contributed by atoms with E-state index in [2.05, 4.69) is 38.1 Å². The minimum absolute atomic E-state index is 0.00961. The third kappa shape index (κ3) is 4.55. The molecular weight excluding hydrogens is 348 g/mol. The van der Waals surface area contributed by atoms with Gasteiger partial charge in [-0.15, -0.1) is 0 Å². The van der Waals surface area contributed by atoms with Crippen LogP contribution in [0.2, 0.25) is 0 Å². The van der Waals surface area contributed by atoms with Crippen LogP contribution in [-0.2, 0) is 9.53 Å². The van der Waals surface area contributed by atoms with Crippen LogP contribution in [0, 0.1) is 23.7 Å². The predicted octanol–water partition coefficient (Wildman–Crippen LogP) is 6.12. The minimum atomic E-state index is 0.00961. The second kappa shape index (κ2) is 8.88. The molecule has 4 saturated carbocycles. The maximum Gasteiger partial charge on any atom is 0.306 e. The summed E-state index contributed by atoms with van der Waals surface area (Å²) < 4.78 is 11.8. The van der Waals surface area contributed by atoms with E-state index in [1.807, 2.05) is 0 Å². The van der Waals surface area contributed by atoms with Gasteiger partial charge >= 0.3 is 5.97 Å². The zero-order chi connectivity index (χ0) is 19.5. The number of rotatable bonds is 9. The third-order valence-corrected chi connectivity index (χ3v) is 7.51. The molecule has 0 saturated heterocycles. The van der Waals surface area contributed by atoms with Gasteiger partial charge in [0, 0.05) is 6.42 Å². The summed E-state index contributed by atoms with van der Waals surface area (Å²) in [5, 5.41) is 0. The first-order valence-electron chi connectivity index (χ1n) is 11.5. The zero-order valence-electron chi connectivity index (χ0n) is 17.6. The summed E-state index contributed by atoms with van der Waals surface area (Å²) in [5.74, 6) is 4.68. The van der Waals surface area contributed by atoms with E-state index in [9.17, 15) is 4.79 Å². The maximum atomic E-state index is 12.3. The number of benzene rings is 1. The van der Waals surface area contributed by atoms with Gasteiger partial charge in [0.05, 0.1) is 6.61 Å². The molecule has 0 N–H and O–H groups in total. The van der Waals surface area contributed by atoms with Gasteiger partial charge in [-0.25, -0.2) is 0 Å². The Bertz CT molecular complexity index is 622. The molecule has 154 valence electrons. The van der Waals surface area contributed by atoms with Crippen LogP contribution in [0.15, 0.2) is 24.3 Å². The molecule has 0 aliphatic heterocycles. The van der Waals surface area contributed by atoms with Gasteiger partial charge < -0.3 is 9.47 Å². The SMILES string of the molecule is CCC(C)c1ccc(OCCCCC(=O)OC2C3CC4CC(C3)CC2C4)cc1.